The van der Waals surface area contributed by atoms with E-state index in [-0.39, 0.29) is 18.3 Å². The number of nitrogens with one attached hydrogen (secondary N) is 1. The van der Waals surface area contributed by atoms with Crippen LogP contribution in [0.25, 0.3) is 16.7 Å². The van der Waals surface area contributed by atoms with Gasteiger partial charge in [0.1, 0.15) is 17.0 Å². The van der Waals surface area contributed by atoms with Crippen LogP contribution >= 0.6 is 0 Å². The molecule has 2 aliphatic heterocycles. The van der Waals surface area contributed by atoms with Gasteiger partial charge in [-0.1, -0.05) is 16.9 Å². The number of piperazine rings is 1. The lowest BCUT2D eigenvalue weighted by molar-refractivity contribution is -0.274. The SMILES string of the molecule is CC(C)=C(c1ccc2[nH]nnc2c1)N1CCC(N2CCN(C(=O)COc3ccc(OC(F)(F)F)cc3)CC2)CC1. The highest BCUT2D eigenvalue weighted by Gasteiger charge is 2.32. The Morgan fingerprint density at radius 3 is 2.27 bits per heavy atom. The van der Waals surface area contributed by atoms with Crippen LogP contribution in [0, 0.1) is 0 Å². The molecule has 0 spiro atoms. The monoisotopic (exact) mass is 558 g/mol. The zero-order chi connectivity index (χ0) is 28.3. The Balaban J connectivity index is 1.07. The maximum Gasteiger partial charge on any atom is 0.573 e. The van der Waals surface area contributed by atoms with Crippen molar-refractivity contribution in [3.8, 4) is 11.5 Å². The second-order valence-electron chi connectivity index (χ2n) is 10.3. The van der Waals surface area contributed by atoms with Crippen molar-refractivity contribution in [2.24, 2.45) is 0 Å². The van der Waals surface area contributed by atoms with Gasteiger partial charge in [-0.05, 0) is 63.1 Å². The minimum atomic E-state index is -4.75. The molecule has 0 radical (unpaired) electrons. The average molecular weight is 559 g/mol. The van der Waals surface area contributed by atoms with Crippen LogP contribution < -0.4 is 9.47 Å². The molecule has 0 aliphatic carbocycles. The molecule has 0 atom stereocenters. The van der Waals surface area contributed by atoms with E-state index in [2.05, 4.69) is 55.9 Å². The summed E-state index contributed by atoms with van der Waals surface area (Å²) in [7, 11) is 0. The maximum absolute atomic E-state index is 12.7. The number of carbonyl (C=O) groups excluding carboxylic acids is 1. The molecule has 1 N–H and O–H groups in total. The van der Waals surface area contributed by atoms with Crippen molar-refractivity contribution < 1.29 is 27.4 Å². The predicted octanol–water partition coefficient (Wildman–Crippen LogP) is 4.30. The van der Waals surface area contributed by atoms with Crippen LogP contribution in [0.4, 0.5) is 13.2 Å². The molecule has 3 heterocycles. The number of alkyl halides is 3. The van der Waals surface area contributed by atoms with Crippen molar-refractivity contribution in [3.63, 3.8) is 0 Å². The summed E-state index contributed by atoms with van der Waals surface area (Å²) in [6.45, 7) is 8.90. The number of ether oxygens (including phenoxy) is 2. The smallest absolute Gasteiger partial charge is 0.484 e. The van der Waals surface area contributed by atoms with Crippen LogP contribution in [0.15, 0.2) is 48.0 Å². The Morgan fingerprint density at radius 1 is 0.950 bits per heavy atom. The lowest BCUT2D eigenvalue weighted by atomic mass is 9.98. The number of hydrogen-bond acceptors (Lipinski definition) is 7. The highest BCUT2D eigenvalue weighted by Crippen LogP contribution is 2.30. The molecule has 40 heavy (non-hydrogen) atoms. The molecule has 5 rings (SSSR count). The number of rotatable bonds is 7. The maximum atomic E-state index is 12.7. The summed E-state index contributed by atoms with van der Waals surface area (Å²) in [5.74, 6) is -0.161. The highest BCUT2D eigenvalue weighted by atomic mass is 19.4. The predicted molar refractivity (Wildman–Crippen MR) is 144 cm³/mol. The normalized spacial score (nSPS) is 17.2. The van der Waals surface area contributed by atoms with Crippen molar-refractivity contribution in [2.45, 2.75) is 39.1 Å². The Labute approximate surface area is 230 Å². The number of piperidine rings is 1. The number of nitrogens with zero attached hydrogens (tertiary/aromatic N) is 5. The largest absolute Gasteiger partial charge is 0.573 e. The van der Waals surface area contributed by atoms with Gasteiger partial charge in [0.15, 0.2) is 6.61 Å². The van der Waals surface area contributed by atoms with Gasteiger partial charge in [0, 0.05) is 56.6 Å². The minimum Gasteiger partial charge on any atom is -0.484 e. The number of H-pyrrole nitrogens is 1. The van der Waals surface area contributed by atoms with Gasteiger partial charge in [-0.15, -0.1) is 18.3 Å². The number of aromatic amines is 1. The first-order valence-electron chi connectivity index (χ1n) is 13.4. The molecule has 2 fully saturated rings. The van der Waals surface area contributed by atoms with Gasteiger partial charge >= 0.3 is 6.36 Å². The summed E-state index contributed by atoms with van der Waals surface area (Å²) in [4.78, 5) is 19.4. The minimum absolute atomic E-state index is 0.137. The van der Waals surface area contributed by atoms with Crippen LogP contribution in [0.3, 0.4) is 0 Å². The third kappa shape index (κ3) is 6.67. The van der Waals surface area contributed by atoms with Crippen molar-refractivity contribution in [3.05, 3.63) is 53.6 Å². The standard InChI is InChI=1S/C28H33F3N6O3/c1-19(2)27(20-3-8-24-25(17-20)33-34-32-24)37-11-9-21(10-12-37)35-13-15-36(16-14-35)26(38)18-39-22-4-6-23(7-5-22)40-28(29,30)31/h3-8,17,21H,9-16,18H2,1-2H3,(H,32,33,34). The Kier molecular flexibility index (Phi) is 8.15. The number of aromatic nitrogens is 3. The number of halogens is 3. The fourth-order valence-corrected chi connectivity index (χ4v) is 5.54. The Bertz CT molecular complexity index is 1340. The number of allylic oxidation sites excluding steroid dienone is 1. The van der Waals surface area contributed by atoms with Gasteiger partial charge in [-0.2, -0.15) is 0 Å². The lowest BCUT2D eigenvalue weighted by Crippen LogP contribution is -2.54. The van der Waals surface area contributed by atoms with E-state index in [0.29, 0.717) is 24.9 Å². The first-order chi connectivity index (χ1) is 19.2. The first-order valence-corrected chi connectivity index (χ1v) is 13.4. The van der Waals surface area contributed by atoms with E-state index in [0.717, 1.165) is 67.8 Å². The average Bonchev–Trinajstić information content (AvgIpc) is 3.40. The van der Waals surface area contributed by atoms with Gasteiger partial charge in [0.05, 0.1) is 5.52 Å². The van der Waals surface area contributed by atoms with Crippen molar-refractivity contribution >= 4 is 22.6 Å². The fourth-order valence-electron chi connectivity index (χ4n) is 5.54. The van der Waals surface area contributed by atoms with Gasteiger partial charge in [-0.3, -0.25) is 14.8 Å². The van der Waals surface area contributed by atoms with E-state index >= 15 is 0 Å². The first kappa shape index (κ1) is 27.8. The number of hydrogen-bond donors (Lipinski definition) is 1. The molecule has 2 aromatic carbocycles. The number of fused-ring (bicyclic) bond motifs is 1. The number of likely N-dealkylation sites (tertiary alicyclic amines) is 1. The second kappa shape index (κ2) is 11.7. The van der Waals surface area contributed by atoms with Crippen molar-refractivity contribution in [1.82, 2.24) is 30.1 Å². The summed E-state index contributed by atoms with van der Waals surface area (Å²) in [5.41, 5.74) is 5.45. The van der Waals surface area contributed by atoms with Crippen molar-refractivity contribution in [2.75, 3.05) is 45.9 Å². The van der Waals surface area contributed by atoms with Crippen LogP contribution in [0.5, 0.6) is 11.5 Å². The van der Waals surface area contributed by atoms with Gasteiger partial charge < -0.3 is 19.3 Å². The van der Waals surface area contributed by atoms with Crippen LogP contribution in [0.2, 0.25) is 0 Å². The summed E-state index contributed by atoms with van der Waals surface area (Å²) >= 11 is 0. The van der Waals surface area contributed by atoms with Gasteiger partial charge in [0.25, 0.3) is 5.91 Å². The zero-order valence-electron chi connectivity index (χ0n) is 22.6. The van der Waals surface area contributed by atoms with E-state index in [1.54, 1.807) is 4.90 Å². The summed E-state index contributed by atoms with van der Waals surface area (Å²) in [6.07, 6.45) is -2.65. The number of benzene rings is 2. The molecule has 0 bridgehead atoms. The molecule has 1 amide bonds. The molecule has 0 unspecified atom stereocenters. The molecule has 3 aromatic rings. The Hall–Kier alpha value is -3.80. The quantitative estimate of drug-likeness (QED) is 0.463. The number of carbonyl (C=O) groups is 1. The van der Waals surface area contributed by atoms with E-state index in [4.69, 9.17) is 4.74 Å². The van der Waals surface area contributed by atoms with Crippen LogP contribution in [0.1, 0.15) is 32.3 Å². The van der Waals surface area contributed by atoms with Crippen LogP contribution in [-0.2, 0) is 4.79 Å². The molecule has 2 saturated heterocycles. The topological polar surface area (TPSA) is 86.8 Å². The van der Waals surface area contributed by atoms with Gasteiger partial charge in [0.2, 0.25) is 0 Å². The molecule has 1 aromatic heterocycles. The summed E-state index contributed by atoms with van der Waals surface area (Å²) < 4.78 is 46.3. The molecule has 0 saturated carbocycles. The van der Waals surface area contributed by atoms with Gasteiger partial charge in [-0.25, -0.2) is 0 Å². The highest BCUT2D eigenvalue weighted by molar-refractivity contribution is 5.80. The van der Waals surface area contributed by atoms with Crippen molar-refractivity contribution in [1.29, 1.82) is 0 Å². The third-order valence-corrected chi connectivity index (χ3v) is 7.46. The summed E-state index contributed by atoms with van der Waals surface area (Å²) in [5, 5.41) is 11.0. The van der Waals surface area contributed by atoms with E-state index in [9.17, 15) is 18.0 Å². The molecular formula is C28H33F3N6O3. The van der Waals surface area contributed by atoms with E-state index in [1.807, 2.05) is 6.07 Å². The third-order valence-electron chi connectivity index (χ3n) is 7.46. The zero-order valence-corrected chi connectivity index (χ0v) is 22.6. The molecule has 2 aliphatic rings. The summed E-state index contributed by atoms with van der Waals surface area (Å²) in [6, 6.07) is 11.7. The molecule has 214 valence electrons. The molecular weight excluding hydrogens is 525 g/mol. The number of amides is 1. The molecule has 12 heteroatoms. The Morgan fingerprint density at radius 2 is 1.62 bits per heavy atom. The fraction of sp³-hybridized carbons (Fsp3) is 0.464. The van der Waals surface area contributed by atoms with Crippen LogP contribution in [-0.4, -0.2) is 94.3 Å². The van der Waals surface area contributed by atoms with E-state index in [1.165, 1.54) is 23.4 Å². The molecule has 9 nitrogen and oxygen atoms in total. The second-order valence-corrected chi connectivity index (χ2v) is 10.3. The lowest BCUT2D eigenvalue weighted by Gasteiger charge is -2.44. The van der Waals surface area contributed by atoms with E-state index < -0.39 is 6.36 Å².